The van der Waals surface area contributed by atoms with E-state index < -0.39 is 24.2 Å². The second-order valence-electron chi connectivity index (χ2n) is 17.6. The van der Waals surface area contributed by atoms with Crippen molar-refractivity contribution in [1.29, 1.82) is 0 Å². The van der Waals surface area contributed by atoms with Gasteiger partial charge in [-0.05, 0) is 108 Å². The van der Waals surface area contributed by atoms with Gasteiger partial charge < -0.3 is 22.8 Å². The first-order valence-corrected chi connectivity index (χ1v) is 26.5. The molecule has 3 atom stereocenters. The Hall–Kier alpha value is -3.38. The normalized spacial score (nSPS) is 17.5. The Morgan fingerprint density at radius 1 is 0.764 bits per heavy atom. The lowest BCUT2D eigenvalue weighted by atomic mass is 9.77. The van der Waals surface area contributed by atoms with Crippen LogP contribution in [0.15, 0.2) is 97.1 Å². The summed E-state index contributed by atoms with van der Waals surface area (Å²) in [6, 6.07) is 29.7. The Morgan fingerprint density at radius 2 is 1.33 bits per heavy atom. The Labute approximate surface area is 330 Å². The molecule has 0 N–H and O–H groups in total. The predicted octanol–water partition coefficient (Wildman–Crippen LogP) is 12.2. The number of β-lactam (4-membered cyclic amide) rings is 1. The van der Waals surface area contributed by atoms with Gasteiger partial charge in [-0.1, -0.05) is 96.1 Å². The van der Waals surface area contributed by atoms with Crippen molar-refractivity contribution < 1.29 is 31.6 Å². The van der Waals surface area contributed by atoms with E-state index in [2.05, 4.69) is 85.9 Å². The van der Waals surface area contributed by atoms with Crippen LogP contribution in [0.3, 0.4) is 0 Å². The van der Waals surface area contributed by atoms with Crippen molar-refractivity contribution in [2.24, 2.45) is 5.92 Å². The second kappa shape index (κ2) is 16.2. The lowest BCUT2D eigenvalue weighted by Gasteiger charge is -2.49. The van der Waals surface area contributed by atoms with Crippen molar-refractivity contribution in [3.05, 3.63) is 114 Å². The molecule has 1 saturated heterocycles. The smallest absolute Gasteiger partial charge is 0.360 e. The van der Waals surface area contributed by atoms with Crippen molar-refractivity contribution in [3.8, 4) is 16.9 Å². The summed E-state index contributed by atoms with van der Waals surface area (Å²) < 4.78 is 51.8. The van der Waals surface area contributed by atoms with Gasteiger partial charge >= 0.3 is 7.60 Å². The van der Waals surface area contributed by atoms with Gasteiger partial charge in [0.25, 0.3) is 0 Å². The zero-order chi connectivity index (χ0) is 40.6. The molecular formula is C44H59FNO6PSi2. The van der Waals surface area contributed by atoms with Crippen molar-refractivity contribution in [2.75, 3.05) is 19.1 Å². The topological polar surface area (TPSA) is 74.3 Å². The number of rotatable bonds is 14. The summed E-state index contributed by atoms with van der Waals surface area (Å²) in [4.78, 5) is 16.3. The van der Waals surface area contributed by atoms with Gasteiger partial charge in [0, 0.05) is 25.5 Å². The number of benzene rings is 4. The molecule has 55 heavy (non-hydrogen) atoms. The third-order valence-electron chi connectivity index (χ3n) is 12.0. The average Bonchev–Trinajstić information content (AvgIpc) is 3.13. The number of amides is 1. The van der Waals surface area contributed by atoms with Gasteiger partial charge in [0.1, 0.15) is 11.6 Å². The molecule has 1 aliphatic rings. The third kappa shape index (κ3) is 9.11. The predicted molar refractivity (Wildman–Crippen MR) is 228 cm³/mol. The summed E-state index contributed by atoms with van der Waals surface area (Å²) in [5.41, 5.74) is 4.55. The van der Waals surface area contributed by atoms with Crippen molar-refractivity contribution in [3.63, 3.8) is 0 Å². The molecule has 0 aliphatic carbocycles. The zero-order valence-corrected chi connectivity index (χ0v) is 37.5. The number of halogens is 1. The molecular weight excluding hydrogens is 745 g/mol. The third-order valence-corrected chi connectivity index (χ3v) is 22.7. The van der Waals surface area contributed by atoms with E-state index in [0.717, 1.165) is 33.7 Å². The molecule has 5 rings (SSSR count). The highest BCUT2D eigenvalue weighted by Gasteiger charge is 2.51. The van der Waals surface area contributed by atoms with Gasteiger partial charge in [-0.15, -0.1) is 0 Å². The lowest BCUT2D eigenvalue weighted by molar-refractivity contribution is -0.131. The highest BCUT2D eigenvalue weighted by atomic mass is 31.2. The number of nitrogens with zero attached hydrogens (tertiary/aromatic N) is 1. The molecule has 1 aliphatic heterocycles. The summed E-state index contributed by atoms with van der Waals surface area (Å²) in [6.45, 7) is 22.2. The maximum absolute atomic E-state index is 14.4. The van der Waals surface area contributed by atoms with Gasteiger partial charge in [0.15, 0.2) is 8.32 Å². The quantitative estimate of drug-likeness (QED) is 0.0718. The minimum Gasteiger partial charge on any atom is -0.543 e. The molecule has 0 bridgehead atoms. The minimum atomic E-state index is -3.40. The van der Waals surface area contributed by atoms with Gasteiger partial charge in [-0.25, -0.2) is 4.39 Å². The summed E-state index contributed by atoms with van der Waals surface area (Å²) in [6.07, 6.45) is 0.884. The number of anilines is 1. The minimum absolute atomic E-state index is 0.0323. The van der Waals surface area contributed by atoms with E-state index in [1.807, 2.05) is 59.5 Å². The number of carbonyl (C=O) groups excluding carboxylic acids is 1. The van der Waals surface area contributed by atoms with Crippen LogP contribution in [0.4, 0.5) is 10.1 Å². The fourth-order valence-electron chi connectivity index (χ4n) is 6.49. The van der Waals surface area contributed by atoms with Crippen molar-refractivity contribution in [1.82, 2.24) is 0 Å². The van der Waals surface area contributed by atoms with Gasteiger partial charge in [0.05, 0.1) is 23.4 Å². The maximum atomic E-state index is 14.4. The first-order chi connectivity index (χ1) is 25.6. The van der Waals surface area contributed by atoms with Crippen LogP contribution in [0.5, 0.6) is 5.75 Å². The van der Waals surface area contributed by atoms with Crippen molar-refractivity contribution >= 4 is 41.1 Å². The van der Waals surface area contributed by atoms with Crippen LogP contribution in [0.1, 0.15) is 77.7 Å². The van der Waals surface area contributed by atoms with Crippen LogP contribution in [0.2, 0.25) is 36.3 Å². The van der Waals surface area contributed by atoms with Crippen LogP contribution < -0.4 is 14.6 Å². The monoisotopic (exact) mass is 803 g/mol. The summed E-state index contributed by atoms with van der Waals surface area (Å²) in [5, 5.41) is 0.359. The molecule has 4 aromatic rings. The Balaban J connectivity index is 1.58. The van der Waals surface area contributed by atoms with E-state index in [4.69, 9.17) is 17.9 Å². The van der Waals surface area contributed by atoms with Crippen LogP contribution in [0, 0.1) is 11.7 Å². The number of carbonyl (C=O) groups is 1. The molecule has 4 aromatic carbocycles. The molecule has 0 saturated carbocycles. The SMILES string of the molecule is COP(=O)(OC)c1ccc(-c2ccc([C@@H]3[C@@H](CC[C@H](O[Si](C)(C)C(C)(C)C)c4ccc(F)cc4)C(=O)N3c3ccccc3)c(O[Si](C)(C)C(C)(C)C)c2)cc1. The second-order valence-corrected chi connectivity index (χ2v) is 29.3. The average molecular weight is 804 g/mol. The Morgan fingerprint density at radius 3 is 1.87 bits per heavy atom. The zero-order valence-electron chi connectivity index (χ0n) is 34.6. The lowest BCUT2D eigenvalue weighted by Crippen LogP contribution is -2.55. The van der Waals surface area contributed by atoms with Crippen LogP contribution in [0.25, 0.3) is 11.1 Å². The fourth-order valence-corrected chi connectivity index (χ4v) is 9.93. The molecule has 0 spiro atoms. The molecule has 296 valence electrons. The van der Waals surface area contributed by atoms with E-state index in [1.54, 1.807) is 12.1 Å². The van der Waals surface area contributed by atoms with Gasteiger partial charge in [0.2, 0.25) is 14.2 Å². The molecule has 1 amide bonds. The molecule has 7 nitrogen and oxygen atoms in total. The standard InChI is InChI=1S/C44H59FNO6PSi2/c1-43(2,3)54(9,10)51-39(32-18-23-34(45)24-19-32)29-28-38-41(46(42(38)47)35-16-14-13-15-17-35)37-27-22-33(30-40(37)52-55(11,12)44(4,5)6)31-20-25-36(26-21-31)53(48,49-7)50-8/h13-27,30,38-39,41H,28-29H2,1-12H3/t38-,39+,41-/m1/s1. The molecule has 1 fully saturated rings. The van der Waals surface area contributed by atoms with Crippen LogP contribution in [-0.2, 0) is 22.8 Å². The maximum Gasteiger partial charge on any atom is 0.360 e. The number of hydrogen-bond acceptors (Lipinski definition) is 6. The van der Waals surface area contributed by atoms with Crippen LogP contribution in [-0.4, -0.2) is 36.8 Å². The molecule has 0 radical (unpaired) electrons. The van der Waals surface area contributed by atoms with E-state index in [1.165, 1.54) is 26.4 Å². The number of para-hydroxylation sites is 1. The van der Waals surface area contributed by atoms with Crippen LogP contribution >= 0.6 is 7.60 Å². The largest absolute Gasteiger partial charge is 0.543 e. The summed E-state index contributed by atoms with van der Waals surface area (Å²) in [7, 11) is -5.25. The molecule has 0 aromatic heterocycles. The van der Waals surface area contributed by atoms with Gasteiger partial charge in [-0.3, -0.25) is 9.36 Å². The number of hydrogen-bond donors (Lipinski definition) is 0. The first kappa shape index (κ1) is 42.8. The summed E-state index contributed by atoms with van der Waals surface area (Å²) in [5.74, 6) is 0.181. The van der Waals surface area contributed by atoms with E-state index in [0.29, 0.717) is 18.1 Å². The Kier molecular flexibility index (Phi) is 12.6. The fraction of sp³-hybridized carbons (Fsp3) is 0.432. The molecule has 0 unspecified atom stereocenters. The highest BCUT2D eigenvalue weighted by Crippen LogP contribution is 2.52. The van der Waals surface area contributed by atoms with Crippen molar-refractivity contribution in [2.45, 2.75) is 103 Å². The molecule has 1 heterocycles. The highest BCUT2D eigenvalue weighted by molar-refractivity contribution is 7.62. The summed E-state index contributed by atoms with van der Waals surface area (Å²) >= 11 is 0. The van der Waals surface area contributed by atoms with Gasteiger partial charge in [-0.2, -0.15) is 0 Å². The van der Waals surface area contributed by atoms with E-state index >= 15 is 0 Å². The van der Waals surface area contributed by atoms with E-state index in [-0.39, 0.29) is 39.9 Å². The first-order valence-electron chi connectivity index (χ1n) is 19.1. The van der Waals surface area contributed by atoms with E-state index in [9.17, 15) is 13.8 Å². The molecule has 11 heteroatoms. The Bertz CT molecular complexity index is 1980.